The van der Waals surface area contributed by atoms with Crippen LogP contribution in [0.2, 0.25) is 0 Å². The normalized spacial score (nSPS) is 19.9. The number of nitrogens with two attached hydrogens (primary N) is 1. The summed E-state index contributed by atoms with van der Waals surface area (Å²) in [5.74, 6) is 1.03. The van der Waals surface area contributed by atoms with Crippen LogP contribution in [0.3, 0.4) is 0 Å². The van der Waals surface area contributed by atoms with Gasteiger partial charge < -0.3 is 20.9 Å². The molecule has 27 heavy (non-hydrogen) atoms. The first-order valence-corrected chi connectivity index (χ1v) is 9.63. The first kappa shape index (κ1) is 21.8. The maximum atomic E-state index is 11.2. The van der Waals surface area contributed by atoms with Crippen molar-refractivity contribution in [1.29, 1.82) is 0 Å². The minimum absolute atomic E-state index is 0. The highest BCUT2D eigenvalue weighted by molar-refractivity contribution is 14.0. The number of guanidine groups is 1. The predicted octanol–water partition coefficient (Wildman–Crippen LogP) is 2.35. The number of nitrogens with one attached hydrogen (secondary N) is 1. The Kier molecular flexibility index (Phi) is 8.19. The van der Waals surface area contributed by atoms with Crippen LogP contribution < -0.4 is 16.0 Å². The van der Waals surface area contributed by atoms with Crippen molar-refractivity contribution >= 4 is 41.5 Å². The number of hydrogen-bond acceptors (Lipinski definition) is 3. The lowest BCUT2D eigenvalue weighted by Crippen LogP contribution is -2.46. The monoisotopic (exact) mass is 485 g/mol. The van der Waals surface area contributed by atoms with Crippen LogP contribution in [0, 0.1) is 5.92 Å². The summed E-state index contributed by atoms with van der Waals surface area (Å²) >= 11 is 0. The summed E-state index contributed by atoms with van der Waals surface area (Å²) in [5.41, 5.74) is 9.45. The maximum absolute atomic E-state index is 11.2. The van der Waals surface area contributed by atoms with Gasteiger partial charge in [-0.3, -0.25) is 9.79 Å². The van der Waals surface area contributed by atoms with Gasteiger partial charge in [0.1, 0.15) is 0 Å². The fraction of sp³-hybridized carbons (Fsp3) is 0.600. The van der Waals surface area contributed by atoms with Crippen molar-refractivity contribution in [2.45, 2.75) is 38.6 Å². The van der Waals surface area contributed by atoms with Crippen LogP contribution in [0.4, 0.5) is 5.69 Å². The molecule has 1 unspecified atom stereocenters. The molecule has 1 amide bonds. The number of fused-ring (bicyclic) bond motifs is 1. The van der Waals surface area contributed by atoms with E-state index in [1.165, 1.54) is 23.2 Å². The van der Waals surface area contributed by atoms with Gasteiger partial charge in [-0.05, 0) is 48.8 Å². The number of amides is 1. The Morgan fingerprint density at radius 2 is 2.15 bits per heavy atom. The van der Waals surface area contributed by atoms with Crippen molar-refractivity contribution in [3.05, 3.63) is 29.3 Å². The Bertz CT molecular complexity index is 678. The standard InChI is InChI=1S/C20H31N5O.HI/c1-22-20(25-10-3-5-16(14-25)12-19(21)26)23-13-15-7-8-18-17(11-15)6-4-9-24(18)2;/h7-8,11,16H,3-6,9-10,12-14H2,1-2H3,(H2,21,26)(H,22,23);1H. The number of anilines is 1. The zero-order valence-electron chi connectivity index (χ0n) is 16.4. The molecule has 1 fully saturated rings. The molecule has 1 atom stereocenters. The Morgan fingerprint density at radius 3 is 2.89 bits per heavy atom. The maximum Gasteiger partial charge on any atom is 0.217 e. The fourth-order valence-corrected chi connectivity index (χ4v) is 4.17. The molecule has 7 heteroatoms. The van der Waals surface area contributed by atoms with Crippen LogP contribution in [-0.4, -0.2) is 50.5 Å². The van der Waals surface area contributed by atoms with Crippen molar-refractivity contribution in [1.82, 2.24) is 10.2 Å². The summed E-state index contributed by atoms with van der Waals surface area (Å²) in [6, 6.07) is 6.75. The molecule has 3 N–H and O–H groups in total. The van der Waals surface area contributed by atoms with E-state index in [0.29, 0.717) is 12.3 Å². The third-order valence-corrected chi connectivity index (χ3v) is 5.47. The third-order valence-electron chi connectivity index (χ3n) is 5.47. The summed E-state index contributed by atoms with van der Waals surface area (Å²) in [5, 5.41) is 3.49. The van der Waals surface area contributed by atoms with Gasteiger partial charge in [-0.25, -0.2) is 0 Å². The van der Waals surface area contributed by atoms with Crippen molar-refractivity contribution in [3.63, 3.8) is 0 Å². The van der Waals surface area contributed by atoms with Gasteiger partial charge in [0.15, 0.2) is 5.96 Å². The van der Waals surface area contributed by atoms with Crippen LogP contribution in [0.15, 0.2) is 23.2 Å². The topological polar surface area (TPSA) is 74.0 Å². The second-order valence-electron chi connectivity index (χ2n) is 7.51. The van der Waals surface area contributed by atoms with Crippen LogP contribution >= 0.6 is 24.0 Å². The van der Waals surface area contributed by atoms with E-state index >= 15 is 0 Å². The first-order valence-electron chi connectivity index (χ1n) is 9.63. The van der Waals surface area contributed by atoms with Crippen LogP contribution in [0.25, 0.3) is 0 Å². The van der Waals surface area contributed by atoms with E-state index in [4.69, 9.17) is 5.73 Å². The number of halogens is 1. The van der Waals surface area contributed by atoms with Crippen molar-refractivity contribution in [2.75, 3.05) is 38.6 Å². The number of piperidine rings is 1. The second kappa shape index (κ2) is 10.1. The Labute approximate surface area is 179 Å². The van der Waals surface area contributed by atoms with Crippen LogP contribution in [0.5, 0.6) is 0 Å². The molecule has 0 aromatic heterocycles. The Balaban J connectivity index is 0.00000261. The number of hydrogen-bond donors (Lipinski definition) is 2. The minimum atomic E-state index is -0.209. The molecule has 1 aromatic rings. The smallest absolute Gasteiger partial charge is 0.217 e. The van der Waals surface area contributed by atoms with Crippen molar-refractivity contribution in [2.24, 2.45) is 16.6 Å². The van der Waals surface area contributed by atoms with E-state index in [2.05, 4.69) is 45.4 Å². The van der Waals surface area contributed by atoms with Gasteiger partial charge in [-0.1, -0.05) is 12.1 Å². The summed E-state index contributed by atoms with van der Waals surface area (Å²) in [6.45, 7) is 3.72. The van der Waals surface area contributed by atoms with Crippen LogP contribution in [-0.2, 0) is 17.8 Å². The largest absolute Gasteiger partial charge is 0.374 e. The quantitative estimate of drug-likeness (QED) is 0.390. The highest BCUT2D eigenvalue weighted by atomic mass is 127. The zero-order chi connectivity index (χ0) is 18.5. The fourth-order valence-electron chi connectivity index (χ4n) is 4.17. The lowest BCUT2D eigenvalue weighted by molar-refractivity contribution is -0.119. The number of aliphatic imine (C=N–C) groups is 1. The lowest BCUT2D eigenvalue weighted by atomic mass is 9.95. The molecule has 0 spiro atoms. The molecule has 0 radical (unpaired) electrons. The van der Waals surface area contributed by atoms with E-state index in [-0.39, 0.29) is 29.9 Å². The second-order valence-corrected chi connectivity index (χ2v) is 7.51. The number of nitrogens with zero attached hydrogens (tertiary/aromatic N) is 3. The average molecular weight is 485 g/mol. The van der Waals surface area contributed by atoms with Gasteiger partial charge in [0.2, 0.25) is 5.91 Å². The molecular weight excluding hydrogens is 453 g/mol. The molecule has 2 aliphatic heterocycles. The molecule has 150 valence electrons. The van der Waals surface area contributed by atoms with Gasteiger partial charge in [0.25, 0.3) is 0 Å². The number of primary amides is 1. The third kappa shape index (κ3) is 5.73. The molecule has 0 saturated carbocycles. The Morgan fingerprint density at radius 1 is 1.33 bits per heavy atom. The number of rotatable bonds is 4. The lowest BCUT2D eigenvalue weighted by Gasteiger charge is -2.34. The Hall–Kier alpha value is -1.51. The molecule has 2 heterocycles. The zero-order valence-corrected chi connectivity index (χ0v) is 18.7. The van der Waals surface area contributed by atoms with E-state index in [1.807, 2.05) is 7.05 Å². The van der Waals surface area contributed by atoms with Gasteiger partial charge in [0.05, 0.1) is 0 Å². The highest BCUT2D eigenvalue weighted by Gasteiger charge is 2.23. The molecule has 1 saturated heterocycles. The minimum Gasteiger partial charge on any atom is -0.374 e. The molecule has 1 aromatic carbocycles. The summed E-state index contributed by atoms with van der Waals surface area (Å²) in [6.07, 6.45) is 4.98. The molecule has 2 aliphatic rings. The molecular formula is C20H32IN5O. The summed E-state index contributed by atoms with van der Waals surface area (Å²) in [7, 11) is 3.98. The first-order chi connectivity index (χ1) is 12.6. The van der Waals surface area contributed by atoms with E-state index < -0.39 is 0 Å². The van der Waals surface area contributed by atoms with Gasteiger partial charge >= 0.3 is 0 Å². The van der Waals surface area contributed by atoms with Gasteiger partial charge in [-0.15, -0.1) is 24.0 Å². The number of likely N-dealkylation sites (tertiary alicyclic amines) is 1. The van der Waals surface area contributed by atoms with E-state index in [9.17, 15) is 4.79 Å². The summed E-state index contributed by atoms with van der Waals surface area (Å²) < 4.78 is 0. The predicted molar refractivity (Wildman–Crippen MR) is 122 cm³/mol. The number of carbonyl (C=O) groups excluding carboxylic acids is 1. The molecule has 6 nitrogen and oxygen atoms in total. The number of carbonyl (C=O) groups is 1. The van der Waals surface area contributed by atoms with E-state index in [1.54, 1.807) is 0 Å². The highest BCUT2D eigenvalue weighted by Crippen LogP contribution is 2.26. The summed E-state index contributed by atoms with van der Waals surface area (Å²) in [4.78, 5) is 20.3. The number of benzene rings is 1. The number of aryl methyl sites for hydroxylation is 1. The van der Waals surface area contributed by atoms with E-state index in [0.717, 1.165) is 51.4 Å². The average Bonchev–Trinajstić information content (AvgIpc) is 2.62. The SMILES string of the molecule is CN=C(NCc1ccc2c(c1)CCCN2C)N1CCCC(CC(N)=O)C1.I. The van der Waals surface area contributed by atoms with Gasteiger partial charge in [-0.2, -0.15) is 0 Å². The molecule has 0 bridgehead atoms. The van der Waals surface area contributed by atoms with Crippen molar-refractivity contribution < 1.29 is 4.79 Å². The van der Waals surface area contributed by atoms with Crippen LogP contribution in [0.1, 0.15) is 36.8 Å². The molecule has 0 aliphatic carbocycles. The van der Waals surface area contributed by atoms with Crippen molar-refractivity contribution in [3.8, 4) is 0 Å². The molecule has 3 rings (SSSR count). The van der Waals surface area contributed by atoms with Gasteiger partial charge in [0, 0.05) is 52.4 Å².